The molecule has 2 aliphatic heterocycles. The van der Waals surface area contributed by atoms with E-state index in [2.05, 4.69) is 15.2 Å². The van der Waals surface area contributed by atoms with E-state index in [9.17, 15) is 18.4 Å². The van der Waals surface area contributed by atoms with Gasteiger partial charge in [-0.1, -0.05) is 12.1 Å². The van der Waals surface area contributed by atoms with E-state index in [1.54, 1.807) is 19.1 Å². The molecule has 2 heterocycles. The first kappa shape index (κ1) is 21.7. The van der Waals surface area contributed by atoms with Gasteiger partial charge in [0.2, 0.25) is 11.9 Å². The maximum absolute atomic E-state index is 13.4. The zero-order chi connectivity index (χ0) is 22.7. The molecule has 1 N–H and O–H groups in total. The third-order valence-electron chi connectivity index (χ3n) is 5.62. The Balaban J connectivity index is 1.55. The molecule has 2 aromatic carbocycles. The van der Waals surface area contributed by atoms with E-state index >= 15 is 0 Å². The fraction of sp³-hybridized carbons (Fsp3) is 0.348. The number of aliphatic imine (C=N–C) groups is 1. The van der Waals surface area contributed by atoms with Crippen molar-refractivity contribution in [3.8, 4) is 0 Å². The minimum Gasteiger partial charge on any atom is -0.465 e. The number of carbonyl (C=O) groups excluding carboxylic acids is 2. The van der Waals surface area contributed by atoms with Crippen molar-refractivity contribution in [1.29, 1.82) is 0 Å². The third kappa shape index (κ3) is 4.56. The molecule has 0 spiro atoms. The van der Waals surface area contributed by atoms with Crippen LogP contribution in [0.15, 0.2) is 53.5 Å². The summed E-state index contributed by atoms with van der Waals surface area (Å²) in [5, 5.41) is 2.74. The van der Waals surface area contributed by atoms with Crippen LogP contribution in [-0.4, -0.2) is 55.5 Å². The van der Waals surface area contributed by atoms with Gasteiger partial charge in [-0.15, -0.1) is 0 Å². The molecule has 2 atom stereocenters. The lowest BCUT2D eigenvalue weighted by molar-refractivity contribution is -0.153. The van der Waals surface area contributed by atoms with E-state index in [4.69, 9.17) is 4.74 Å². The maximum atomic E-state index is 13.4. The Hall–Kier alpha value is -3.49. The lowest BCUT2D eigenvalue weighted by Crippen LogP contribution is -2.57. The number of nitrogens with one attached hydrogen (secondary N) is 1. The summed E-state index contributed by atoms with van der Waals surface area (Å²) < 4.78 is 31.7. The van der Waals surface area contributed by atoms with Crippen LogP contribution in [0.5, 0.6) is 0 Å². The maximum Gasteiger partial charge on any atom is 0.321 e. The van der Waals surface area contributed by atoms with E-state index in [0.29, 0.717) is 37.7 Å². The molecule has 0 radical (unpaired) electrons. The van der Waals surface area contributed by atoms with Crippen LogP contribution in [0.4, 0.5) is 14.5 Å². The largest absolute Gasteiger partial charge is 0.465 e. The molecule has 0 saturated carbocycles. The molecule has 2 aliphatic rings. The number of hydrogen-bond donors (Lipinski definition) is 1. The number of ether oxygens (including phenoxy) is 1. The van der Waals surface area contributed by atoms with Gasteiger partial charge in [0.15, 0.2) is 5.92 Å². The van der Waals surface area contributed by atoms with Crippen LogP contribution in [-0.2, 0) is 14.3 Å². The Morgan fingerprint density at radius 2 is 1.56 bits per heavy atom. The molecule has 4 rings (SSSR count). The molecule has 1 fully saturated rings. The molecule has 7 nitrogen and oxygen atoms in total. The highest BCUT2D eigenvalue weighted by Gasteiger charge is 2.42. The number of anilines is 1. The van der Waals surface area contributed by atoms with Crippen LogP contribution in [0.1, 0.15) is 18.5 Å². The van der Waals surface area contributed by atoms with Crippen LogP contribution < -0.4 is 10.2 Å². The van der Waals surface area contributed by atoms with E-state index < -0.39 is 29.7 Å². The van der Waals surface area contributed by atoms with Crippen molar-refractivity contribution in [3.63, 3.8) is 0 Å². The first-order valence-corrected chi connectivity index (χ1v) is 10.5. The van der Waals surface area contributed by atoms with Crippen LogP contribution in [0.2, 0.25) is 0 Å². The standard InChI is InChI=1S/C23H24F2N4O3/c1-2-32-22(31)19-20(15-3-5-16(24)6-4-15)26-23(27-21(19)30)29-13-11-28(12-14-29)18-9-7-17(25)8-10-18/h3-10,19-20H,2,11-14H2,1H3,(H,26,27,30)/t19-,20-/m1/s1. The van der Waals surface area contributed by atoms with Gasteiger partial charge in [0.25, 0.3) is 0 Å². The highest BCUT2D eigenvalue weighted by atomic mass is 19.1. The smallest absolute Gasteiger partial charge is 0.321 e. The Bertz CT molecular complexity index is 1000. The van der Waals surface area contributed by atoms with Gasteiger partial charge in [-0.25, -0.2) is 13.8 Å². The Morgan fingerprint density at radius 3 is 2.16 bits per heavy atom. The second-order valence-corrected chi connectivity index (χ2v) is 7.62. The molecule has 9 heteroatoms. The summed E-state index contributed by atoms with van der Waals surface area (Å²) in [5.74, 6) is -2.63. The topological polar surface area (TPSA) is 74.2 Å². The first-order chi connectivity index (χ1) is 15.5. The summed E-state index contributed by atoms with van der Waals surface area (Å²) in [4.78, 5) is 34.1. The number of rotatable bonds is 4. The summed E-state index contributed by atoms with van der Waals surface area (Å²) in [5.41, 5.74) is 1.48. The minimum absolute atomic E-state index is 0.140. The summed E-state index contributed by atoms with van der Waals surface area (Å²) in [7, 11) is 0. The zero-order valence-corrected chi connectivity index (χ0v) is 17.6. The lowest BCUT2D eigenvalue weighted by Gasteiger charge is -2.39. The van der Waals surface area contributed by atoms with Gasteiger partial charge in [-0.2, -0.15) is 0 Å². The van der Waals surface area contributed by atoms with E-state index in [1.165, 1.54) is 36.4 Å². The molecule has 32 heavy (non-hydrogen) atoms. The van der Waals surface area contributed by atoms with Gasteiger partial charge in [0, 0.05) is 31.9 Å². The molecular formula is C23H24F2N4O3. The predicted octanol–water partition coefficient (Wildman–Crippen LogP) is 2.49. The van der Waals surface area contributed by atoms with Gasteiger partial charge < -0.3 is 14.5 Å². The van der Waals surface area contributed by atoms with Crippen molar-refractivity contribution in [2.24, 2.45) is 10.9 Å². The lowest BCUT2D eigenvalue weighted by atomic mass is 9.91. The molecule has 0 aromatic heterocycles. The average Bonchev–Trinajstić information content (AvgIpc) is 2.80. The first-order valence-electron chi connectivity index (χ1n) is 10.5. The van der Waals surface area contributed by atoms with Crippen LogP contribution in [0.25, 0.3) is 0 Å². The zero-order valence-electron chi connectivity index (χ0n) is 17.6. The fourth-order valence-electron chi connectivity index (χ4n) is 3.95. The van der Waals surface area contributed by atoms with Crippen molar-refractivity contribution >= 4 is 23.5 Å². The van der Waals surface area contributed by atoms with Crippen molar-refractivity contribution < 1.29 is 23.1 Å². The second kappa shape index (κ2) is 9.33. The van der Waals surface area contributed by atoms with Crippen molar-refractivity contribution in [1.82, 2.24) is 10.2 Å². The number of guanidine groups is 1. The number of nitrogens with zero attached hydrogens (tertiary/aromatic N) is 3. The molecule has 0 bridgehead atoms. The van der Waals surface area contributed by atoms with Crippen molar-refractivity contribution in [2.45, 2.75) is 13.0 Å². The molecular weight excluding hydrogens is 418 g/mol. The third-order valence-corrected chi connectivity index (χ3v) is 5.62. The van der Waals surface area contributed by atoms with Gasteiger partial charge in [0.1, 0.15) is 17.7 Å². The summed E-state index contributed by atoms with van der Waals surface area (Å²) in [6.07, 6.45) is 0. The molecule has 1 saturated heterocycles. The van der Waals surface area contributed by atoms with Crippen molar-refractivity contribution in [2.75, 3.05) is 37.7 Å². The predicted molar refractivity (Wildman–Crippen MR) is 115 cm³/mol. The number of halogens is 2. The molecule has 168 valence electrons. The number of benzene rings is 2. The molecule has 2 aromatic rings. The number of carbonyl (C=O) groups is 2. The quantitative estimate of drug-likeness (QED) is 0.582. The number of esters is 1. The Kier molecular flexibility index (Phi) is 6.34. The monoisotopic (exact) mass is 442 g/mol. The average molecular weight is 442 g/mol. The summed E-state index contributed by atoms with van der Waals surface area (Å²) in [6.45, 7) is 4.28. The number of hydrogen-bond acceptors (Lipinski definition) is 6. The van der Waals surface area contributed by atoms with Crippen LogP contribution in [0.3, 0.4) is 0 Å². The SMILES string of the molecule is CCOC(=O)[C@H]1C(=O)NC(N2CCN(c3ccc(F)cc3)CC2)=N[C@@H]1c1ccc(F)cc1. The summed E-state index contributed by atoms with van der Waals surface area (Å²) >= 11 is 0. The number of piperazine rings is 1. The van der Waals surface area contributed by atoms with Crippen LogP contribution in [0, 0.1) is 17.6 Å². The fourth-order valence-corrected chi connectivity index (χ4v) is 3.95. The molecule has 1 amide bonds. The van der Waals surface area contributed by atoms with E-state index in [-0.39, 0.29) is 12.4 Å². The number of amides is 1. The van der Waals surface area contributed by atoms with Crippen molar-refractivity contribution in [3.05, 3.63) is 65.7 Å². The molecule has 0 unspecified atom stereocenters. The van der Waals surface area contributed by atoms with Crippen LogP contribution >= 0.6 is 0 Å². The Labute approximate surface area is 184 Å². The van der Waals surface area contributed by atoms with Gasteiger partial charge in [-0.3, -0.25) is 14.9 Å². The normalized spacial score (nSPS) is 21.1. The molecule has 0 aliphatic carbocycles. The highest BCUT2D eigenvalue weighted by Crippen LogP contribution is 2.31. The van der Waals surface area contributed by atoms with E-state index in [0.717, 1.165) is 5.69 Å². The van der Waals surface area contributed by atoms with Gasteiger partial charge >= 0.3 is 5.97 Å². The van der Waals surface area contributed by atoms with Gasteiger partial charge in [-0.05, 0) is 48.9 Å². The van der Waals surface area contributed by atoms with Gasteiger partial charge in [0.05, 0.1) is 6.61 Å². The second-order valence-electron chi connectivity index (χ2n) is 7.62. The Morgan fingerprint density at radius 1 is 1.00 bits per heavy atom. The minimum atomic E-state index is -1.15. The summed E-state index contributed by atoms with van der Waals surface area (Å²) in [6, 6.07) is 11.1. The van der Waals surface area contributed by atoms with E-state index in [1.807, 2.05) is 4.90 Å². The highest BCUT2D eigenvalue weighted by molar-refractivity contribution is 6.08.